The number of aryl methyl sites for hydroxylation is 1. The molecule has 0 bridgehead atoms. The number of azo groups is 1. The maximum Gasteiger partial charge on any atom is 0.299 e. The first-order valence-corrected chi connectivity index (χ1v) is 8.63. The number of rotatable bonds is 6. The molecule has 138 valence electrons. The summed E-state index contributed by atoms with van der Waals surface area (Å²) in [7, 11) is 0. The molecule has 1 heterocycles. The van der Waals surface area contributed by atoms with Crippen LogP contribution in [0, 0.1) is 10.1 Å². The van der Waals surface area contributed by atoms with Gasteiger partial charge in [-0.15, -0.1) is 5.11 Å². The number of nitrogens with zero attached hydrogens (tertiary/aromatic N) is 4. The molecule has 3 rings (SSSR count). The normalized spacial score (nSPS) is 11.2. The number of nitro groups is 1. The van der Waals surface area contributed by atoms with Crippen LogP contribution in [0.1, 0.15) is 19.0 Å². The van der Waals surface area contributed by atoms with Gasteiger partial charge >= 0.3 is 0 Å². The van der Waals surface area contributed by atoms with Crippen molar-refractivity contribution in [2.75, 3.05) is 0 Å². The van der Waals surface area contributed by atoms with E-state index in [1.165, 1.54) is 22.9 Å². The van der Waals surface area contributed by atoms with Crippen molar-refractivity contribution in [2.24, 2.45) is 10.2 Å². The van der Waals surface area contributed by atoms with Crippen LogP contribution in [0.15, 0.2) is 63.6 Å². The lowest BCUT2D eigenvalue weighted by molar-refractivity contribution is -0.384. The van der Waals surface area contributed by atoms with Crippen LogP contribution in [0.3, 0.4) is 0 Å². The van der Waals surface area contributed by atoms with E-state index in [0.717, 1.165) is 6.42 Å². The van der Waals surface area contributed by atoms with Gasteiger partial charge in [-0.3, -0.25) is 20.0 Å². The minimum Gasteiger partial charge on any atom is -0.293 e. The Bertz CT molecular complexity index is 1050. The van der Waals surface area contributed by atoms with Gasteiger partial charge in [-0.2, -0.15) is 5.11 Å². The lowest BCUT2D eigenvalue weighted by Gasteiger charge is -2.01. The molecule has 1 aromatic heterocycles. The quantitative estimate of drug-likeness (QED) is 0.362. The van der Waals surface area contributed by atoms with E-state index < -0.39 is 10.5 Å². The summed E-state index contributed by atoms with van der Waals surface area (Å²) in [6.07, 6.45) is 1.38. The number of benzene rings is 2. The van der Waals surface area contributed by atoms with E-state index in [1.807, 2.05) is 6.92 Å². The van der Waals surface area contributed by atoms with E-state index in [4.69, 9.17) is 11.6 Å². The molecule has 0 aliphatic carbocycles. The Morgan fingerprint density at radius 1 is 1.19 bits per heavy atom. The molecule has 0 aliphatic rings. The molecule has 1 N–H and O–H groups in total. The zero-order chi connectivity index (χ0) is 19.4. The third kappa shape index (κ3) is 4.12. The fourth-order valence-corrected chi connectivity index (χ4v) is 2.67. The Labute approximate surface area is 159 Å². The lowest BCUT2D eigenvalue weighted by Crippen LogP contribution is -2.14. The number of H-pyrrole nitrogens is 1. The zero-order valence-electron chi connectivity index (χ0n) is 14.4. The molecule has 2 aromatic carbocycles. The second-order valence-corrected chi connectivity index (χ2v) is 6.22. The summed E-state index contributed by atoms with van der Waals surface area (Å²) in [6, 6.07) is 12.6. The van der Waals surface area contributed by atoms with Crippen molar-refractivity contribution in [1.82, 2.24) is 9.78 Å². The van der Waals surface area contributed by atoms with Crippen LogP contribution in [-0.4, -0.2) is 14.7 Å². The second kappa shape index (κ2) is 7.96. The fraction of sp³-hybridized carbons (Fsp3) is 0.167. The molecule has 0 radical (unpaired) electrons. The molecule has 0 saturated carbocycles. The highest BCUT2D eigenvalue weighted by Gasteiger charge is 2.16. The van der Waals surface area contributed by atoms with E-state index in [1.54, 1.807) is 30.3 Å². The van der Waals surface area contributed by atoms with E-state index >= 15 is 0 Å². The number of halogens is 1. The minimum absolute atomic E-state index is 0.101. The van der Waals surface area contributed by atoms with Crippen LogP contribution in [0.5, 0.6) is 0 Å². The van der Waals surface area contributed by atoms with Crippen LogP contribution in [0.2, 0.25) is 5.02 Å². The SMILES string of the molecule is CCCc1[nH]n(-c2cccc([N+](=O)[O-])c2)c(=O)c1N=Nc1ccc(Cl)cc1. The molecule has 0 fully saturated rings. The molecule has 0 aliphatic heterocycles. The molecule has 0 saturated heterocycles. The highest BCUT2D eigenvalue weighted by molar-refractivity contribution is 6.30. The molecule has 0 spiro atoms. The third-order valence-electron chi connectivity index (χ3n) is 3.83. The topological polar surface area (TPSA) is 106 Å². The summed E-state index contributed by atoms with van der Waals surface area (Å²) in [5.74, 6) is 0. The van der Waals surface area contributed by atoms with Gasteiger partial charge in [-0.25, -0.2) is 4.68 Å². The van der Waals surface area contributed by atoms with Crippen molar-refractivity contribution < 1.29 is 4.92 Å². The molecule has 8 nitrogen and oxygen atoms in total. The summed E-state index contributed by atoms with van der Waals surface area (Å²) in [4.78, 5) is 23.3. The van der Waals surface area contributed by atoms with E-state index in [9.17, 15) is 14.9 Å². The van der Waals surface area contributed by atoms with Crippen molar-refractivity contribution in [3.8, 4) is 5.69 Å². The van der Waals surface area contributed by atoms with Gasteiger partial charge in [0.15, 0.2) is 5.69 Å². The fourth-order valence-electron chi connectivity index (χ4n) is 2.54. The third-order valence-corrected chi connectivity index (χ3v) is 4.08. The number of nitrogens with one attached hydrogen (secondary N) is 1. The first-order valence-electron chi connectivity index (χ1n) is 8.25. The number of nitro benzene ring substituents is 1. The Hall–Kier alpha value is -3.26. The number of non-ortho nitro benzene ring substituents is 1. The summed E-state index contributed by atoms with van der Waals surface area (Å²) in [5.41, 5.74) is 1.20. The van der Waals surface area contributed by atoms with Gasteiger partial charge in [0, 0.05) is 17.2 Å². The summed E-state index contributed by atoms with van der Waals surface area (Å²) in [5, 5.41) is 22.8. The van der Waals surface area contributed by atoms with Gasteiger partial charge in [-0.05, 0) is 36.8 Å². The molecule has 0 amide bonds. The Kier molecular flexibility index (Phi) is 5.46. The predicted octanol–water partition coefficient (Wildman–Crippen LogP) is 5.10. The van der Waals surface area contributed by atoms with Gasteiger partial charge < -0.3 is 0 Å². The van der Waals surface area contributed by atoms with Crippen molar-refractivity contribution >= 4 is 28.7 Å². The Balaban J connectivity index is 2.04. The smallest absolute Gasteiger partial charge is 0.293 e. The van der Waals surface area contributed by atoms with Crippen molar-refractivity contribution in [2.45, 2.75) is 19.8 Å². The van der Waals surface area contributed by atoms with Gasteiger partial charge in [0.25, 0.3) is 11.2 Å². The van der Waals surface area contributed by atoms with Crippen LogP contribution < -0.4 is 5.56 Å². The monoisotopic (exact) mass is 385 g/mol. The number of aromatic nitrogens is 2. The molecule has 9 heteroatoms. The average molecular weight is 386 g/mol. The van der Waals surface area contributed by atoms with E-state index in [-0.39, 0.29) is 11.4 Å². The van der Waals surface area contributed by atoms with Gasteiger partial charge in [-0.1, -0.05) is 31.0 Å². The minimum atomic E-state index is -0.508. The largest absolute Gasteiger partial charge is 0.299 e. The van der Waals surface area contributed by atoms with Gasteiger partial charge in [0.2, 0.25) is 0 Å². The molecule has 3 aromatic rings. The predicted molar refractivity (Wildman–Crippen MR) is 103 cm³/mol. The van der Waals surface area contributed by atoms with Crippen LogP contribution in [0.4, 0.5) is 17.1 Å². The number of hydrogen-bond donors (Lipinski definition) is 1. The van der Waals surface area contributed by atoms with Crippen molar-refractivity contribution in [3.05, 3.63) is 79.7 Å². The van der Waals surface area contributed by atoms with Crippen LogP contribution >= 0.6 is 11.6 Å². The second-order valence-electron chi connectivity index (χ2n) is 5.78. The highest BCUT2D eigenvalue weighted by atomic mass is 35.5. The molecule has 27 heavy (non-hydrogen) atoms. The molecular weight excluding hydrogens is 370 g/mol. The van der Waals surface area contributed by atoms with Gasteiger partial charge in [0.1, 0.15) is 0 Å². The number of aromatic amines is 1. The molecule has 0 unspecified atom stereocenters. The maximum atomic E-state index is 12.8. The van der Waals surface area contributed by atoms with Crippen LogP contribution in [-0.2, 0) is 6.42 Å². The Morgan fingerprint density at radius 2 is 1.93 bits per heavy atom. The average Bonchev–Trinajstić information content (AvgIpc) is 2.97. The summed E-state index contributed by atoms with van der Waals surface area (Å²) < 4.78 is 1.24. The summed E-state index contributed by atoms with van der Waals surface area (Å²) >= 11 is 5.85. The van der Waals surface area contributed by atoms with Crippen molar-refractivity contribution in [1.29, 1.82) is 0 Å². The number of hydrogen-bond acceptors (Lipinski definition) is 5. The summed E-state index contributed by atoms with van der Waals surface area (Å²) in [6.45, 7) is 1.98. The first kappa shape index (κ1) is 18.5. The standard InChI is InChI=1S/C18H16ClN5O3/c1-2-4-16-17(21-20-13-9-7-12(19)8-10-13)18(25)23(22-16)14-5-3-6-15(11-14)24(26)27/h3,5-11,22H,2,4H2,1H3. The highest BCUT2D eigenvalue weighted by Crippen LogP contribution is 2.23. The molecular formula is C18H16ClN5O3. The lowest BCUT2D eigenvalue weighted by atomic mass is 10.2. The zero-order valence-corrected chi connectivity index (χ0v) is 15.2. The van der Waals surface area contributed by atoms with Crippen LogP contribution in [0.25, 0.3) is 5.69 Å². The van der Waals surface area contributed by atoms with E-state index in [0.29, 0.717) is 28.5 Å². The molecule has 0 atom stereocenters. The first-order chi connectivity index (χ1) is 13.0. The maximum absolute atomic E-state index is 12.8. The van der Waals surface area contributed by atoms with Crippen molar-refractivity contribution in [3.63, 3.8) is 0 Å². The Morgan fingerprint density at radius 3 is 2.59 bits per heavy atom. The van der Waals surface area contributed by atoms with Gasteiger partial charge in [0.05, 0.1) is 22.0 Å². The van der Waals surface area contributed by atoms with E-state index in [2.05, 4.69) is 15.3 Å².